The van der Waals surface area contributed by atoms with Crippen molar-refractivity contribution >= 4 is 5.91 Å². The SMILES string of the molecule is COCCCNCC(=O)NCCOC. The maximum Gasteiger partial charge on any atom is 0.234 e. The molecule has 0 fully saturated rings. The minimum Gasteiger partial charge on any atom is -0.385 e. The minimum absolute atomic E-state index is 0.000494. The molecule has 0 aromatic carbocycles. The third-order valence-electron chi connectivity index (χ3n) is 1.62. The Kier molecular flexibility index (Phi) is 9.95. The lowest BCUT2D eigenvalue weighted by Gasteiger charge is -2.05. The number of hydrogen-bond acceptors (Lipinski definition) is 4. The second kappa shape index (κ2) is 10.4. The second-order valence-corrected chi connectivity index (χ2v) is 2.87. The average molecular weight is 204 g/mol. The van der Waals surface area contributed by atoms with Crippen LogP contribution in [0.3, 0.4) is 0 Å². The van der Waals surface area contributed by atoms with E-state index in [1.54, 1.807) is 14.2 Å². The van der Waals surface area contributed by atoms with Crippen LogP contribution in [0.5, 0.6) is 0 Å². The number of amides is 1. The van der Waals surface area contributed by atoms with Crippen LogP contribution in [0.1, 0.15) is 6.42 Å². The van der Waals surface area contributed by atoms with E-state index in [2.05, 4.69) is 10.6 Å². The van der Waals surface area contributed by atoms with Crippen molar-refractivity contribution in [2.45, 2.75) is 6.42 Å². The zero-order valence-corrected chi connectivity index (χ0v) is 8.97. The van der Waals surface area contributed by atoms with Crippen molar-refractivity contribution in [1.29, 1.82) is 0 Å². The lowest BCUT2D eigenvalue weighted by atomic mass is 10.4. The molecule has 0 heterocycles. The van der Waals surface area contributed by atoms with Crippen molar-refractivity contribution in [3.8, 4) is 0 Å². The van der Waals surface area contributed by atoms with Crippen molar-refractivity contribution in [2.24, 2.45) is 0 Å². The Hall–Kier alpha value is -0.650. The zero-order valence-electron chi connectivity index (χ0n) is 8.97. The summed E-state index contributed by atoms with van der Waals surface area (Å²) in [4.78, 5) is 11.1. The molecule has 0 atom stereocenters. The second-order valence-electron chi connectivity index (χ2n) is 2.87. The van der Waals surface area contributed by atoms with E-state index in [1.165, 1.54) is 0 Å². The fourth-order valence-electron chi connectivity index (χ4n) is 0.898. The molecule has 0 rings (SSSR count). The molecule has 2 N–H and O–H groups in total. The average Bonchev–Trinajstić information content (AvgIpc) is 2.18. The van der Waals surface area contributed by atoms with Crippen LogP contribution in [0.25, 0.3) is 0 Å². The van der Waals surface area contributed by atoms with E-state index in [-0.39, 0.29) is 5.91 Å². The summed E-state index contributed by atoms with van der Waals surface area (Å²) in [5.74, 6) is -0.000494. The highest BCUT2D eigenvalue weighted by molar-refractivity contribution is 5.77. The molecule has 0 saturated heterocycles. The summed E-state index contributed by atoms with van der Waals surface area (Å²) in [5, 5.41) is 5.73. The standard InChI is InChI=1S/C9H20N2O3/c1-13-6-3-4-10-8-9(12)11-5-7-14-2/h10H,3-8H2,1-2H3,(H,11,12). The number of methoxy groups -OCH3 is 2. The largest absolute Gasteiger partial charge is 0.385 e. The van der Waals surface area contributed by atoms with Gasteiger partial charge < -0.3 is 20.1 Å². The fraction of sp³-hybridized carbons (Fsp3) is 0.889. The van der Waals surface area contributed by atoms with Gasteiger partial charge in [-0.05, 0) is 13.0 Å². The quantitative estimate of drug-likeness (QED) is 0.491. The molecule has 0 spiro atoms. The monoisotopic (exact) mass is 204 g/mol. The van der Waals surface area contributed by atoms with Crippen molar-refractivity contribution in [1.82, 2.24) is 10.6 Å². The number of nitrogens with one attached hydrogen (secondary N) is 2. The van der Waals surface area contributed by atoms with Gasteiger partial charge in [0, 0.05) is 27.4 Å². The van der Waals surface area contributed by atoms with E-state index in [4.69, 9.17) is 9.47 Å². The first-order chi connectivity index (χ1) is 6.81. The Morgan fingerprint density at radius 1 is 1.14 bits per heavy atom. The molecular weight excluding hydrogens is 184 g/mol. The Balaban J connectivity index is 3.10. The topological polar surface area (TPSA) is 59.6 Å². The van der Waals surface area contributed by atoms with E-state index < -0.39 is 0 Å². The summed E-state index contributed by atoms with van der Waals surface area (Å²) in [6.07, 6.45) is 0.919. The Morgan fingerprint density at radius 3 is 2.50 bits per heavy atom. The molecule has 0 saturated carbocycles. The van der Waals surface area contributed by atoms with Crippen LogP contribution in [-0.4, -0.2) is 53.0 Å². The van der Waals surface area contributed by atoms with Gasteiger partial charge in [0.1, 0.15) is 0 Å². The number of carbonyl (C=O) groups excluding carboxylic acids is 1. The van der Waals surface area contributed by atoms with Gasteiger partial charge in [0.25, 0.3) is 0 Å². The lowest BCUT2D eigenvalue weighted by molar-refractivity contribution is -0.120. The molecule has 0 aliphatic heterocycles. The summed E-state index contributed by atoms with van der Waals surface area (Å²) in [5.41, 5.74) is 0. The molecule has 0 aliphatic rings. The first-order valence-electron chi connectivity index (χ1n) is 4.76. The smallest absolute Gasteiger partial charge is 0.234 e. The highest BCUT2D eigenvalue weighted by atomic mass is 16.5. The molecular formula is C9H20N2O3. The predicted molar refractivity (Wildman–Crippen MR) is 54.2 cm³/mol. The number of hydrogen-bond donors (Lipinski definition) is 2. The van der Waals surface area contributed by atoms with Gasteiger partial charge in [-0.25, -0.2) is 0 Å². The maximum absolute atomic E-state index is 11.1. The Bertz CT molecular complexity index is 142. The molecule has 84 valence electrons. The highest BCUT2D eigenvalue weighted by Gasteiger charge is 1.98. The summed E-state index contributed by atoms with van der Waals surface area (Å²) in [6.45, 7) is 2.99. The highest BCUT2D eigenvalue weighted by Crippen LogP contribution is 1.76. The summed E-state index contributed by atoms with van der Waals surface area (Å²) < 4.78 is 9.67. The van der Waals surface area contributed by atoms with Crippen LogP contribution < -0.4 is 10.6 Å². The maximum atomic E-state index is 11.1. The third kappa shape index (κ3) is 9.44. The van der Waals surface area contributed by atoms with Crippen LogP contribution in [0.4, 0.5) is 0 Å². The van der Waals surface area contributed by atoms with Crippen molar-refractivity contribution in [2.75, 3.05) is 47.1 Å². The van der Waals surface area contributed by atoms with E-state index in [9.17, 15) is 4.79 Å². The first-order valence-corrected chi connectivity index (χ1v) is 4.76. The van der Waals surface area contributed by atoms with Gasteiger partial charge in [0.15, 0.2) is 0 Å². The molecule has 1 amide bonds. The van der Waals surface area contributed by atoms with E-state index in [1.807, 2.05) is 0 Å². The van der Waals surface area contributed by atoms with Crippen LogP contribution in [0, 0.1) is 0 Å². The van der Waals surface area contributed by atoms with Gasteiger partial charge >= 0.3 is 0 Å². The van der Waals surface area contributed by atoms with E-state index in [0.717, 1.165) is 19.6 Å². The third-order valence-corrected chi connectivity index (χ3v) is 1.62. The van der Waals surface area contributed by atoms with Gasteiger partial charge in [-0.2, -0.15) is 0 Å². The molecule has 0 aromatic rings. The van der Waals surface area contributed by atoms with Gasteiger partial charge in [0.05, 0.1) is 13.2 Å². The molecule has 14 heavy (non-hydrogen) atoms. The van der Waals surface area contributed by atoms with Crippen molar-refractivity contribution < 1.29 is 14.3 Å². The van der Waals surface area contributed by atoms with E-state index >= 15 is 0 Å². The molecule has 5 nitrogen and oxygen atoms in total. The molecule has 0 aliphatic carbocycles. The zero-order chi connectivity index (χ0) is 10.6. The Morgan fingerprint density at radius 2 is 1.86 bits per heavy atom. The van der Waals surface area contributed by atoms with E-state index in [0.29, 0.717) is 19.7 Å². The lowest BCUT2D eigenvalue weighted by Crippen LogP contribution is -2.36. The van der Waals surface area contributed by atoms with Crippen molar-refractivity contribution in [3.05, 3.63) is 0 Å². The molecule has 0 aromatic heterocycles. The van der Waals surface area contributed by atoms with Gasteiger partial charge in [-0.15, -0.1) is 0 Å². The molecule has 0 unspecified atom stereocenters. The van der Waals surface area contributed by atoms with Gasteiger partial charge in [-0.3, -0.25) is 4.79 Å². The van der Waals surface area contributed by atoms with Gasteiger partial charge in [-0.1, -0.05) is 0 Å². The fourth-order valence-corrected chi connectivity index (χ4v) is 0.898. The Labute approximate surface area is 85.1 Å². The normalized spacial score (nSPS) is 10.1. The number of ether oxygens (including phenoxy) is 2. The van der Waals surface area contributed by atoms with Crippen LogP contribution >= 0.6 is 0 Å². The molecule has 0 bridgehead atoms. The number of carbonyl (C=O) groups is 1. The number of rotatable bonds is 9. The summed E-state index contributed by atoms with van der Waals surface area (Å²) >= 11 is 0. The summed E-state index contributed by atoms with van der Waals surface area (Å²) in [7, 11) is 3.27. The van der Waals surface area contributed by atoms with Crippen LogP contribution in [-0.2, 0) is 14.3 Å². The van der Waals surface area contributed by atoms with Crippen LogP contribution in [0.15, 0.2) is 0 Å². The minimum atomic E-state index is -0.000494. The van der Waals surface area contributed by atoms with Gasteiger partial charge in [0.2, 0.25) is 5.91 Å². The molecule has 5 heteroatoms. The van der Waals surface area contributed by atoms with Crippen LogP contribution in [0.2, 0.25) is 0 Å². The predicted octanol–water partition coefficient (Wildman–Crippen LogP) is -0.625. The first kappa shape index (κ1) is 13.4. The molecule has 0 radical (unpaired) electrons. The summed E-state index contributed by atoms with van der Waals surface area (Å²) in [6, 6.07) is 0. The van der Waals surface area contributed by atoms with Crippen molar-refractivity contribution in [3.63, 3.8) is 0 Å².